The zero-order chi connectivity index (χ0) is 15.0. The molecular weight excluding hydrogens is 287 g/mol. The molecule has 2 aromatic carbocycles. The first kappa shape index (κ1) is 14.6. The summed E-state index contributed by atoms with van der Waals surface area (Å²) in [4.78, 5) is 0. The Morgan fingerprint density at radius 2 is 2.05 bits per heavy atom. The molecule has 0 spiro atoms. The summed E-state index contributed by atoms with van der Waals surface area (Å²) in [5.41, 5.74) is 1.60. The lowest BCUT2D eigenvalue weighted by Crippen LogP contribution is -2.34. The number of hydrogen-bond donors (Lipinski definition) is 1. The molecule has 0 aromatic heterocycles. The highest BCUT2D eigenvalue weighted by atomic mass is 35.5. The topological polar surface area (TPSA) is 20.2 Å². The van der Waals surface area contributed by atoms with Crippen molar-refractivity contribution in [1.82, 2.24) is 0 Å². The summed E-state index contributed by atoms with van der Waals surface area (Å²) in [6.45, 7) is 2.17. The number of rotatable bonds is 2. The Bertz CT molecular complexity index is 670. The van der Waals surface area contributed by atoms with Crippen LogP contribution in [0, 0.1) is 5.82 Å². The lowest BCUT2D eigenvalue weighted by molar-refractivity contribution is 0.0151. The summed E-state index contributed by atoms with van der Waals surface area (Å²) < 4.78 is 14.0. The molecule has 3 rings (SSSR count). The smallest absolute Gasteiger partial charge is 0.127 e. The van der Waals surface area contributed by atoms with E-state index in [1.165, 1.54) is 11.6 Å². The minimum absolute atomic E-state index is 0.278. The molecule has 2 aromatic rings. The van der Waals surface area contributed by atoms with E-state index in [1.807, 2.05) is 18.2 Å². The Balaban J connectivity index is 2.00. The maximum atomic E-state index is 14.0. The van der Waals surface area contributed by atoms with Crippen LogP contribution in [0.4, 0.5) is 4.39 Å². The van der Waals surface area contributed by atoms with Gasteiger partial charge in [0.1, 0.15) is 5.82 Å². The monoisotopic (exact) mass is 304 g/mol. The molecule has 0 saturated heterocycles. The fraction of sp³-hybridized carbons (Fsp3) is 0.333. The first-order chi connectivity index (χ1) is 9.99. The molecule has 21 heavy (non-hydrogen) atoms. The zero-order valence-corrected chi connectivity index (χ0v) is 12.7. The van der Waals surface area contributed by atoms with Crippen LogP contribution in [0.3, 0.4) is 0 Å². The van der Waals surface area contributed by atoms with E-state index in [9.17, 15) is 9.50 Å². The standard InChI is InChI=1S/C18H18ClFO/c1-12-8-9-18(21,16-5-3-2-4-15(12)16)11-13-6-7-14(19)10-17(13)20/h2-7,10,12,21H,8-9,11H2,1H3. The third kappa shape index (κ3) is 2.70. The van der Waals surface area contributed by atoms with Gasteiger partial charge in [-0.3, -0.25) is 0 Å². The summed E-state index contributed by atoms with van der Waals surface area (Å²) in [5, 5.41) is 11.5. The van der Waals surface area contributed by atoms with Crippen LogP contribution < -0.4 is 0 Å². The Hall–Kier alpha value is -1.38. The molecule has 1 nitrogen and oxygen atoms in total. The van der Waals surface area contributed by atoms with Crippen LogP contribution in [-0.2, 0) is 12.0 Å². The molecule has 2 atom stereocenters. The summed E-state index contributed by atoms with van der Waals surface area (Å²) >= 11 is 5.79. The number of fused-ring (bicyclic) bond motifs is 1. The van der Waals surface area contributed by atoms with E-state index in [2.05, 4.69) is 13.0 Å². The van der Waals surface area contributed by atoms with Crippen molar-refractivity contribution in [2.24, 2.45) is 0 Å². The lowest BCUT2D eigenvalue weighted by Gasteiger charge is -2.37. The van der Waals surface area contributed by atoms with Gasteiger partial charge >= 0.3 is 0 Å². The van der Waals surface area contributed by atoms with Gasteiger partial charge in [0.05, 0.1) is 5.60 Å². The molecular formula is C18H18ClFO. The lowest BCUT2D eigenvalue weighted by atomic mass is 9.72. The first-order valence-electron chi connectivity index (χ1n) is 7.25. The van der Waals surface area contributed by atoms with Crippen molar-refractivity contribution in [2.75, 3.05) is 0 Å². The van der Waals surface area contributed by atoms with E-state index in [1.54, 1.807) is 12.1 Å². The molecule has 2 unspecified atom stereocenters. The molecule has 1 aliphatic carbocycles. The number of aliphatic hydroxyl groups is 1. The molecule has 1 aliphatic rings. The maximum Gasteiger partial charge on any atom is 0.127 e. The molecule has 110 valence electrons. The van der Waals surface area contributed by atoms with Crippen molar-refractivity contribution in [2.45, 2.75) is 37.7 Å². The fourth-order valence-corrected chi connectivity index (χ4v) is 3.42. The Morgan fingerprint density at radius 3 is 2.81 bits per heavy atom. The van der Waals surface area contributed by atoms with Crippen molar-refractivity contribution in [3.63, 3.8) is 0 Å². The summed E-state index contributed by atoms with van der Waals surface area (Å²) in [6, 6.07) is 12.6. The second kappa shape index (κ2) is 5.43. The van der Waals surface area contributed by atoms with Gasteiger partial charge < -0.3 is 5.11 Å². The average molecular weight is 305 g/mol. The van der Waals surface area contributed by atoms with Gasteiger partial charge in [-0.2, -0.15) is 0 Å². The molecule has 0 amide bonds. The van der Waals surface area contributed by atoms with Crippen LogP contribution >= 0.6 is 11.6 Å². The van der Waals surface area contributed by atoms with Crippen LogP contribution in [0.15, 0.2) is 42.5 Å². The highest BCUT2D eigenvalue weighted by Crippen LogP contribution is 2.43. The summed E-state index contributed by atoms with van der Waals surface area (Å²) in [7, 11) is 0. The van der Waals surface area contributed by atoms with Crippen molar-refractivity contribution in [3.8, 4) is 0 Å². The number of hydrogen-bond acceptors (Lipinski definition) is 1. The SMILES string of the molecule is CC1CCC(O)(Cc2ccc(Cl)cc2F)c2ccccc21. The van der Waals surface area contributed by atoms with Gasteiger partial charge in [-0.15, -0.1) is 0 Å². The van der Waals surface area contributed by atoms with Gasteiger partial charge in [0, 0.05) is 11.4 Å². The molecule has 3 heteroatoms. The predicted molar refractivity (Wildman–Crippen MR) is 83.1 cm³/mol. The third-order valence-corrected chi connectivity index (χ3v) is 4.72. The highest BCUT2D eigenvalue weighted by Gasteiger charge is 2.37. The van der Waals surface area contributed by atoms with Crippen LogP contribution in [0.2, 0.25) is 5.02 Å². The van der Waals surface area contributed by atoms with E-state index in [0.717, 1.165) is 12.0 Å². The largest absolute Gasteiger partial charge is 0.385 e. The third-order valence-electron chi connectivity index (χ3n) is 4.48. The van der Waals surface area contributed by atoms with Crippen molar-refractivity contribution >= 4 is 11.6 Å². The molecule has 0 saturated carbocycles. The zero-order valence-electron chi connectivity index (χ0n) is 11.9. The molecule has 0 radical (unpaired) electrons. The average Bonchev–Trinajstić information content (AvgIpc) is 2.47. The molecule has 1 N–H and O–H groups in total. The van der Waals surface area contributed by atoms with Crippen molar-refractivity contribution in [1.29, 1.82) is 0 Å². The van der Waals surface area contributed by atoms with Gasteiger partial charge in [0.2, 0.25) is 0 Å². The predicted octanol–water partition coefficient (Wildman–Crippen LogP) is 4.81. The van der Waals surface area contributed by atoms with E-state index in [-0.39, 0.29) is 12.2 Å². The normalized spacial score (nSPS) is 24.7. The maximum absolute atomic E-state index is 14.0. The second-order valence-electron chi connectivity index (χ2n) is 5.97. The Morgan fingerprint density at radius 1 is 1.29 bits per heavy atom. The first-order valence-corrected chi connectivity index (χ1v) is 7.63. The van der Waals surface area contributed by atoms with E-state index in [4.69, 9.17) is 11.6 Å². The van der Waals surface area contributed by atoms with Crippen molar-refractivity contribution < 1.29 is 9.50 Å². The van der Waals surface area contributed by atoms with Gasteiger partial charge in [-0.05, 0) is 47.6 Å². The Kier molecular flexibility index (Phi) is 3.76. The molecule has 0 aliphatic heterocycles. The fourth-order valence-electron chi connectivity index (χ4n) is 3.26. The van der Waals surface area contributed by atoms with Gasteiger partial charge in [0.15, 0.2) is 0 Å². The second-order valence-corrected chi connectivity index (χ2v) is 6.41. The van der Waals surface area contributed by atoms with Gasteiger partial charge in [0.25, 0.3) is 0 Å². The number of benzene rings is 2. The van der Waals surface area contributed by atoms with Crippen LogP contribution in [0.5, 0.6) is 0 Å². The van der Waals surface area contributed by atoms with Gasteiger partial charge in [-0.1, -0.05) is 48.9 Å². The van der Waals surface area contributed by atoms with E-state index < -0.39 is 5.60 Å². The van der Waals surface area contributed by atoms with E-state index >= 15 is 0 Å². The number of halogens is 2. The van der Waals surface area contributed by atoms with Gasteiger partial charge in [-0.25, -0.2) is 4.39 Å². The molecule has 0 heterocycles. The summed E-state index contributed by atoms with van der Waals surface area (Å²) in [6.07, 6.45) is 1.83. The molecule has 0 bridgehead atoms. The van der Waals surface area contributed by atoms with Crippen LogP contribution in [0.1, 0.15) is 42.4 Å². The highest BCUT2D eigenvalue weighted by molar-refractivity contribution is 6.30. The van der Waals surface area contributed by atoms with Crippen LogP contribution in [-0.4, -0.2) is 5.11 Å². The molecule has 0 fully saturated rings. The summed E-state index contributed by atoms with van der Waals surface area (Å²) in [5.74, 6) is 0.0727. The minimum atomic E-state index is -1.00. The van der Waals surface area contributed by atoms with Crippen LogP contribution in [0.25, 0.3) is 0 Å². The Labute approximate surface area is 129 Å². The minimum Gasteiger partial charge on any atom is -0.385 e. The quantitative estimate of drug-likeness (QED) is 0.844. The van der Waals surface area contributed by atoms with Crippen molar-refractivity contribution in [3.05, 3.63) is 70.0 Å². The van der Waals surface area contributed by atoms with E-state index in [0.29, 0.717) is 22.9 Å².